The van der Waals surface area contributed by atoms with Gasteiger partial charge in [0.25, 0.3) is 0 Å². The first-order chi connectivity index (χ1) is 14.5. The maximum absolute atomic E-state index is 14.7. The van der Waals surface area contributed by atoms with Gasteiger partial charge in [-0.15, -0.1) is 0 Å². The highest BCUT2D eigenvalue weighted by Gasteiger charge is 2.49. The first kappa shape index (κ1) is 20.9. The van der Waals surface area contributed by atoms with Gasteiger partial charge in [0.05, 0.1) is 5.69 Å². The second-order valence-corrected chi connectivity index (χ2v) is 8.98. The van der Waals surface area contributed by atoms with Crippen molar-refractivity contribution in [3.05, 3.63) is 76.0 Å². The van der Waals surface area contributed by atoms with Crippen LogP contribution in [-0.4, -0.2) is 18.7 Å². The molecule has 1 aliphatic heterocycles. The summed E-state index contributed by atoms with van der Waals surface area (Å²) >= 11 is 3.44. The van der Waals surface area contributed by atoms with E-state index >= 15 is 0 Å². The van der Waals surface area contributed by atoms with Gasteiger partial charge >= 0.3 is 6.09 Å². The average molecular weight is 473 g/mol. The average Bonchev–Trinajstić information content (AvgIpc) is 2.96. The molecule has 0 bridgehead atoms. The minimum absolute atomic E-state index is 0.0773. The number of alkyl carbamates (subject to hydrolysis) is 1. The molecule has 1 fully saturated rings. The van der Waals surface area contributed by atoms with Gasteiger partial charge in [0.2, 0.25) is 0 Å². The van der Waals surface area contributed by atoms with E-state index in [0.29, 0.717) is 23.1 Å². The number of benzene rings is 2. The molecule has 1 aliphatic carbocycles. The van der Waals surface area contributed by atoms with E-state index in [1.165, 1.54) is 6.07 Å². The Morgan fingerprint density at radius 1 is 1.30 bits per heavy atom. The molecule has 2 unspecified atom stereocenters. The Kier molecular flexibility index (Phi) is 6.14. The van der Waals surface area contributed by atoms with Crippen LogP contribution in [0.15, 0.2) is 59.1 Å². The predicted octanol–water partition coefficient (Wildman–Crippen LogP) is 6.07. The van der Waals surface area contributed by atoms with Gasteiger partial charge in [0, 0.05) is 22.5 Å². The minimum atomic E-state index is -0.447. The third-order valence-corrected chi connectivity index (χ3v) is 6.76. The molecule has 0 saturated heterocycles. The Balaban J connectivity index is 1.49. The lowest BCUT2D eigenvalue weighted by molar-refractivity contribution is 0.139. The van der Waals surface area contributed by atoms with Crippen molar-refractivity contribution in [2.24, 2.45) is 0 Å². The van der Waals surface area contributed by atoms with Crippen molar-refractivity contribution in [3.8, 4) is 0 Å². The molecule has 0 spiro atoms. The second-order valence-electron chi connectivity index (χ2n) is 8.07. The highest BCUT2D eigenvalue weighted by atomic mass is 79.9. The van der Waals surface area contributed by atoms with Crippen molar-refractivity contribution in [2.45, 2.75) is 50.2 Å². The van der Waals surface area contributed by atoms with E-state index in [0.717, 1.165) is 42.4 Å². The molecule has 4 rings (SSSR count). The molecule has 2 N–H and O–H groups in total. The molecule has 1 heterocycles. The summed E-state index contributed by atoms with van der Waals surface area (Å²) in [4.78, 5) is 12.2. The molecule has 0 aromatic heterocycles. The zero-order valence-electron chi connectivity index (χ0n) is 16.8. The summed E-state index contributed by atoms with van der Waals surface area (Å²) in [5, 5.41) is 6.30. The summed E-state index contributed by atoms with van der Waals surface area (Å²) in [6.45, 7) is 5.06. The van der Waals surface area contributed by atoms with Crippen molar-refractivity contribution in [2.75, 3.05) is 11.9 Å². The fourth-order valence-corrected chi connectivity index (χ4v) is 5.27. The van der Waals surface area contributed by atoms with E-state index in [1.807, 2.05) is 36.4 Å². The summed E-state index contributed by atoms with van der Waals surface area (Å²) in [6.07, 6.45) is 4.21. The molecule has 1 amide bonds. The standard InChI is InChI=1S/C24H26BrFN2O2/c1-16-7-5-6-10-21-24(16,19-13-18(25)14-20(26)22(19)28-21)11-12-27-23(29)30-15-17-8-3-2-4-9-17/h2-4,8-9,13-14,21,28H,1,5-7,10-12,15H2,(H,27,29). The van der Waals surface area contributed by atoms with E-state index in [1.54, 1.807) is 0 Å². The third kappa shape index (κ3) is 3.97. The van der Waals surface area contributed by atoms with Gasteiger partial charge in [-0.2, -0.15) is 0 Å². The van der Waals surface area contributed by atoms with Gasteiger partial charge < -0.3 is 15.4 Å². The monoisotopic (exact) mass is 472 g/mol. The molecular weight excluding hydrogens is 447 g/mol. The van der Waals surface area contributed by atoms with Crippen molar-refractivity contribution in [1.29, 1.82) is 0 Å². The van der Waals surface area contributed by atoms with E-state index in [9.17, 15) is 9.18 Å². The zero-order valence-corrected chi connectivity index (χ0v) is 18.4. The lowest BCUT2D eigenvalue weighted by Crippen LogP contribution is -2.42. The van der Waals surface area contributed by atoms with Crippen LogP contribution in [0.25, 0.3) is 0 Å². The molecule has 0 radical (unpaired) electrons. The Hall–Kier alpha value is -2.34. The van der Waals surface area contributed by atoms with Gasteiger partial charge in [-0.25, -0.2) is 9.18 Å². The maximum Gasteiger partial charge on any atom is 0.407 e. The SMILES string of the molecule is C=C1CCCCC2Nc3c(F)cc(Br)cc3C12CCNC(=O)OCc1ccccc1. The Labute approximate surface area is 185 Å². The van der Waals surface area contributed by atoms with Crippen LogP contribution in [0.1, 0.15) is 43.2 Å². The highest BCUT2D eigenvalue weighted by molar-refractivity contribution is 9.10. The summed E-state index contributed by atoms with van der Waals surface area (Å²) < 4.78 is 20.7. The van der Waals surface area contributed by atoms with E-state index in [-0.39, 0.29) is 18.5 Å². The number of hydrogen-bond donors (Lipinski definition) is 2. The van der Waals surface area contributed by atoms with Crippen LogP contribution in [-0.2, 0) is 16.8 Å². The fraction of sp³-hybridized carbons (Fsp3) is 0.375. The number of hydrogen-bond acceptors (Lipinski definition) is 3. The first-order valence-corrected chi connectivity index (χ1v) is 11.2. The molecule has 2 aliphatic rings. The van der Waals surface area contributed by atoms with E-state index in [4.69, 9.17) is 4.74 Å². The summed E-state index contributed by atoms with van der Waals surface area (Å²) in [6, 6.07) is 13.1. The quantitative estimate of drug-likeness (QED) is 0.519. The van der Waals surface area contributed by atoms with Crippen molar-refractivity contribution < 1.29 is 13.9 Å². The predicted molar refractivity (Wildman–Crippen MR) is 120 cm³/mol. The number of rotatable bonds is 5. The van der Waals surface area contributed by atoms with Gasteiger partial charge in [-0.3, -0.25) is 0 Å². The molecule has 6 heteroatoms. The number of carbonyl (C=O) groups is 1. The zero-order chi connectivity index (χ0) is 21.1. The molecule has 2 atom stereocenters. The van der Waals surface area contributed by atoms with Gasteiger partial charge in [-0.1, -0.05) is 64.8 Å². The van der Waals surface area contributed by atoms with Crippen LogP contribution >= 0.6 is 15.9 Å². The van der Waals surface area contributed by atoms with Gasteiger partial charge in [0.1, 0.15) is 12.4 Å². The van der Waals surface area contributed by atoms with Crippen LogP contribution < -0.4 is 10.6 Å². The van der Waals surface area contributed by atoms with Crippen molar-refractivity contribution >= 4 is 27.7 Å². The maximum atomic E-state index is 14.7. The second kappa shape index (κ2) is 8.80. The number of nitrogens with one attached hydrogen (secondary N) is 2. The molecule has 158 valence electrons. The highest BCUT2D eigenvalue weighted by Crippen LogP contribution is 2.53. The van der Waals surface area contributed by atoms with Crippen molar-refractivity contribution in [1.82, 2.24) is 5.32 Å². The Bertz CT molecular complexity index is 950. The molecule has 2 aromatic carbocycles. The summed E-state index contributed by atoms with van der Waals surface area (Å²) in [5.41, 5.74) is 3.15. The number of fused-ring (bicyclic) bond motifs is 3. The molecule has 30 heavy (non-hydrogen) atoms. The third-order valence-electron chi connectivity index (χ3n) is 6.30. The Morgan fingerprint density at radius 3 is 2.90 bits per heavy atom. The largest absolute Gasteiger partial charge is 0.445 e. The van der Waals surface area contributed by atoms with Gasteiger partial charge in [0.15, 0.2) is 0 Å². The molecule has 1 saturated carbocycles. The lowest BCUT2D eigenvalue weighted by Gasteiger charge is -2.36. The smallest absolute Gasteiger partial charge is 0.407 e. The van der Waals surface area contributed by atoms with Gasteiger partial charge in [-0.05, 0) is 48.9 Å². The number of halogens is 2. The lowest BCUT2D eigenvalue weighted by atomic mass is 9.68. The van der Waals surface area contributed by atoms with E-state index < -0.39 is 11.5 Å². The van der Waals surface area contributed by atoms with Crippen LogP contribution in [0.3, 0.4) is 0 Å². The first-order valence-electron chi connectivity index (χ1n) is 10.4. The van der Waals surface area contributed by atoms with Crippen molar-refractivity contribution in [3.63, 3.8) is 0 Å². The molecule has 4 nitrogen and oxygen atoms in total. The van der Waals surface area contributed by atoms with Crippen LogP contribution in [0.2, 0.25) is 0 Å². The van der Waals surface area contributed by atoms with Crippen LogP contribution in [0.5, 0.6) is 0 Å². The summed E-state index contributed by atoms with van der Waals surface area (Å²) in [5.74, 6) is -0.255. The molecule has 2 aromatic rings. The fourth-order valence-electron chi connectivity index (χ4n) is 4.84. The molecular formula is C24H26BrFN2O2. The topological polar surface area (TPSA) is 50.4 Å². The number of carbonyl (C=O) groups excluding carboxylic acids is 1. The summed E-state index contributed by atoms with van der Waals surface area (Å²) in [7, 11) is 0. The Morgan fingerprint density at radius 2 is 2.10 bits per heavy atom. The number of amides is 1. The number of ether oxygens (including phenoxy) is 1. The number of anilines is 1. The van der Waals surface area contributed by atoms with E-state index in [2.05, 4.69) is 33.1 Å². The van der Waals surface area contributed by atoms with Crippen LogP contribution in [0.4, 0.5) is 14.9 Å². The van der Waals surface area contributed by atoms with Crippen LogP contribution in [0, 0.1) is 5.82 Å². The normalized spacial score (nSPS) is 22.5. The minimum Gasteiger partial charge on any atom is -0.445 e.